The molecule has 2 N–H and O–H groups in total. The lowest BCUT2D eigenvalue weighted by Gasteiger charge is -2.34. The van der Waals surface area contributed by atoms with Crippen LogP contribution in [0.5, 0.6) is 0 Å². The molecule has 10 heteroatoms. The van der Waals surface area contributed by atoms with E-state index < -0.39 is 6.09 Å². The maximum atomic E-state index is 11.9. The number of aromatic amines is 1. The maximum absolute atomic E-state index is 11.9. The Labute approximate surface area is 223 Å². The highest BCUT2D eigenvalue weighted by Gasteiger charge is 2.18. The summed E-state index contributed by atoms with van der Waals surface area (Å²) in [5.41, 5.74) is 5.16. The monoisotopic (exact) mass is 516 g/mol. The number of fused-ring (bicyclic) bond motifs is 1. The van der Waals surface area contributed by atoms with Crippen LogP contribution >= 0.6 is 0 Å². The van der Waals surface area contributed by atoms with Gasteiger partial charge in [-0.05, 0) is 49.7 Å². The molecule has 0 radical (unpaired) electrons. The zero-order valence-corrected chi connectivity index (χ0v) is 21.3. The Kier molecular flexibility index (Phi) is 8.98. The Hall–Kier alpha value is -3.89. The molecule has 10 nitrogen and oxygen atoms in total. The van der Waals surface area contributed by atoms with Gasteiger partial charge in [0.2, 0.25) is 5.95 Å². The molecule has 0 saturated carbocycles. The third-order valence-corrected chi connectivity index (χ3v) is 6.44. The van der Waals surface area contributed by atoms with Crippen LogP contribution in [0.1, 0.15) is 33.4 Å². The van der Waals surface area contributed by atoms with Crippen LogP contribution in [0.3, 0.4) is 0 Å². The molecular formula is C28H36N8O2. The Balaban J connectivity index is 0.00000336. The second kappa shape index (κ2) is 12.6. The molecule has 5 rings (SSSR count). The van der Waals surface area contributed by atoms with E-state index in [9.17, 15) is 4.79 Å². The Morgan fingerprint density at radius 2 is 1.79 bits per heavy atom. The second-order valence-electron chi connectivity index (χ2n) is 9.08. The Morgan fingerprint density at radius 1 is 1.03 bits per heavy atom. The van der Waals surface area contributed by atoms with E-state index in [0.717, 1.165) is 60.6 Å². The van der Waals surface area contributed by atoms with E-state index in [-0.39, 0.29) is 14.0 Å². The largest absolute Gasteiger partial charge is 0.450 e. The number of piperazine rings is 1. The lowest BCUT2D eigenvalue weighted by atomic mass is 10.0. The molecule has 3 aromatic heterocycles. The van der Waals surface area contributed by atoms with Gasteiger partial charge in [0.1, 0.15) is 5.52 Å². The van der Waals surface area contributed by atoms with Crippen LogP contribution < -0.4 is 5.32 Å². The van der Waals surface area contributed by atoms with Crippen molar-refractivity contribution in [3.8, 4) is 22.5 Å². The molecule has 1 saturated heterocycles. The molecule has 1 fully saturated rings. The van der Waals surface area contributed by atoms with Gasteiger partial charge in [-0.1, -0.05) is 20.4 Å². The van der Waals surface area contributed by atoms with E-state index in [1.807, 2.05) is 18.3 Å². The number of amides is 1. The molecule has 0 aliphatic carbocycles. The fraction of sp³-hybridized carbons (Fsp3) is 0.393. The zero-order valence-electron chi connectivity index (χ0n) is 21.3. The molecule has 1 aromatic carbocycles. The number of aromatic nitrogens is 5. The summed E-state index contributed by atoms with van der Waals surface area (Å²) >= 11 is 0. The van der Waals surface area contributed by atoms with Gasteiger partial charge in [-0.2, -0.15) is 0 Å². The van der Waals surface area contributed by atoms with Gasteiger partial charge in [0.25, 0.3) is 0 Å². The van der Waals surface area contributed by atoms with Crippen molar-refractivity contribution in [3.05, 3.63) is 54.6 Å². The predicted octanol–water partition coefficient (Wildman–Crippen LogP) is 4.81. The normalized spacial score (nSPS) is 14.3. The number of anilines is 1. The number of pyridine rings is 1. The number of carbonyl (C=O) groups excluding carboxylic acids is 1. The fourth-order valence-corrected chi connectivity index (χ4v) is 4.62. The first-order valence-electron chi connectivity index (χ1n) is 12.8. The second-order valence-corrected chi connectivity index (χ2v) is 9.08. The van der Waals surface area contributed by atoms with E-state index >= 15 is 0 Å². The minimum Gasteiger partial charge on any atom is -0.450 e. The minimum absolute atomic E-state index is 0. The first-order valence-corrected chi connectivity index (χ1v) is 12.8. The van der Waals surface area contributed by atoms with Crippen molar-refractivity contribution in [2.24, 2.45) is 0 Å². The molecule has 38 heavy (non-hydrogen) atoms. The van der Waals surface area contributed by atoms with Gasteiger partial charge in [-0.25, -0.2) is 19.7 Å². The minimum atomic E-state index is -0.564. The highest BCUT2D eigenvalue weighted by Crippen LogP contribution is 2.32. The zero-order chi connectivity index (χ0) is 25.6. The summed E-state index contributed by atoms with van der Waals surface area (Å²) in [5, 5.41) is 2.64. The molecule has 4 heterocycles. The molecule has 1 aliphatic heterocycles. The molecule has 1 aliphatic rings. The van der Waals surface area contributed by atoms with E-state index in [4.69, 9.17) is 9.72 Å². The molecule has 0 unspecified atom stereocenters. The van der Waals surface area contributed by atoms with Crippen LogP contribution in [0.25, 0.3) is 33.5 Å². The summed E-state index contributed by atoms with van der Waals surface area (Å²) in [5.74, 6) is 0.852. The van der Waals surface area contributed by atoms with Gasteiger partial charge in [0.05, 0.1) is 17.8 Å². The number of H-pyrrole nitrogens is 1. The SMILES string of the molecule is C.CCCN1CCN(Cc2ccc(-c3cc(-c4ncccn4)c4nc(NC(=O)OCC)[nH]c4c3)cn2)CC1. The number of carbonyl (C=O) groups is 1. The van der Waals surface area contributed by atoms with E-state index in [1.54, 1.807) is 25.4 Å². The third kappa shape index (κ3) is 6.32. The number of imidazole rings is 1. The van der Waals surface area contributed by atoms with Gasteiger partial charge in [0.15, 0.2) is 5.82 Å². The summed E-state index contributed by atoms with van der Waals surface area (Å²) in [7, 11) is 0. The van der Waals surface area contributed by atoms with Gasteiger partial charge in [0, 0.05) is 62.4 Å². The molecule has 1 amide bonds. The molecule has 0 atom stereocenters. The topological polar surface area (TPSA) is 112 Å². The number of hydrogen-bond donors (Lipinski definition) is 2. The molecule has 0 spiro atoms. The van der Waals surface area contributed by atoms with E-state index in [0.29, 0.717) is 17.3 Å². The summed E-state index contributed by atoms with van der Waals surface area (Å²) in [6.45, 7) is 10.7. The summed E-state index contributed by atoms with van der Waals surface area (Å²) in [6.07, 6.45) is 5.95. The highest BCUT2D eigenvalue weighted by molar-refractivity contribution is 5.96. The lowest BCUT2D eigenvalue weighted by molar-refractivity contribution is 0.126. The highest BCUT2D eigenvalue weighted by atomic mass is 16.5. The molecular weight excluding hydrogens is 480 g/mol. The van der Waals surface area contributed by atoms with Gasteiger partial charge < -0.3 is 14.6 Å². The number of nitrogens with zero attached hydrogens (tertiary/aromatic N) is 6. The standard InChI is InChI=1S/C27H32N8O2.CH4/c1-3-10-34-11-13-35(14-12-34)18-21-7-6-19(17-30-21)20-15-22(25-28-8-5-9-29-25)24-23(16-20)31-26(32-24)33-27(36)37-4-2;/h5-9,15-17H,3-4,10-14,18H2,1-2H3,(H2,31,32,33,36);1H4. The van der Waals surface area contributed by atoms with Crippen molar-refractivity contribution in [1.29, 1.82) is 0 Å². The first kappa shape index (κ1) is 27.2. The number of nitrogens with one attached hydrogen (secondary N) is 2. The molecule has 200 valence electrons. The Bertz CT molecular complexity index is 1330. The first-order chi connectivity index (χ1) is 18.1. The van der Waals surface area contributed by atoms with E-state index in [2.05, 4.69) is 54.1 Å². The van der Waals surface area contributed by atoms with Crippen LogP contribution in [0.2, 0.25) is 0 Å². The van der Waals surface area contributed by atoms with Crippen molar-refractivity contribution >= 4 is 23.1 Å². The van der Waals surface area contributed by atoms with Crippen LogP contribution in [-0.2, 0) is 11.3 Å². The van der Waals surface area contributed by atoms with Crippen LogP contribution in [-0.4, -0.2) is 80.1 Å². The quantitative estimate of drug-likeness (QED) is 0.343. The van der Waals surface area contributed by atoms with Crippen molar-refractivity contribution < 1.29 is 9.53 Å². The van der Waals surface area contributed by atoms with Crippen molar-refractivity contribution in [2.75, 3.05) is 44.6 Å². The predicted molar refractivity (Wildman–Crippen MR) is 150 cm³/mol. The van der Waals surface area contributed by atoms with Crippen molar-refractivity contribution in [3.63, 3.8) is 0 Å². The average Bonchev–Trinajstić information content (AvgIpc) is 3.32. The average molecular weight is 517 g/mol. The maximum Gasteiger partial charge on any atom is 0.413 e. The smallest absolute Gasteiger partial charge is 0.413 e. The molecule has 0 bridgehead atoms. The Morgan fingerprint density at radius 3 is 2.47 bits per heavy atom. The number of rotatable bonds is 8. The van der Waals surface area contributed by atoms with Gasteiger partial charge >= 0.3 is 6.09 Å². The van der Waals surface area contributed by atoms with Gasteiger partial charge in [-0.3, -0.25) is 15.2 Å². The van der Waals surface area contributed by atoms with Crippen LogP contribution in [0.15, 0.2) is 48.9 Å². The van der Waals surface area contributed by atoms with Crippen molar-refractivity contribution in [1.82, 2.24) is 34.7 Å². The lowest BCUT2D eigenvalue weighted by Crippen LogP contribution is -2.46. The number of ether oxygens (including phenoxy) is 1. The summed E-state index contributed by atoms with van der Waals surface area (Å²) in [6, 6.07) is 9.97. The van der Waals surface area contributed by atoms with Crippen LogP contribution in [0.4, 0.5) is 10.7 Å². The third-order valence-electron chi connectivity index (χ3n) is 6.44. The molecule has 4 aromatic rings. The van der Waals surface area contributed by atoms with Crippen LogP contribution in [0, 0.1) is 0 Å². The van der Waals surface area contributed by atoms with E-state index in [1.165, 1.54) is 13.0 Å². The fourth-order valence-electron chi connectivity index (χ4n) is 4.62. The van der Waals surface area contributed by atoms with Gasteiger partial charge in [-0.15, -0.1) is 0 Å². The summed E-state index contributed by atoms with van der Waals surface area (Å²) < 4.78 is 4.98. The van der Waals surface area contributed by atoms with Crippen molar-refractivity contribution in [2.45, 2.75) is 34.2 Å². The summed E-state index contributed by atoms with van der Waals surface area (Å²) in [4.78, 5) is 38.3. The number of hydrogen-bond acceptors (Lipinski definition) is 8. The number of benzene rings is 1.